The van der Waals surface area contributed by atoms with Gasteiger partial charge in [0.05, 0.1) is 13.0 Å². The number of aliphatic carboxylic acids is 1. The van der Waals surface area contributed by atoms with E-state index >= 15 is 0 Å². The zero-order chi connectivity index (χ0) is 17.8. The summed E-state index contributed by atoms with van der Waals surface area (Å²) in [5, 5.41) is 8.71. The molecule has 0 aliphatic carbocycles. The van der Waals surface area contributed by atoms with Crippen molar-refractivity contribution in [2.75, 3.05) is 6.61 Å². The maximum Gasteiger partial charge on any atom is 0.305 e. The molecule has 0 aliphatic heterocycles. The van der Waals surface area contributed by atoms with E-state index in [1.54, 1.807) is 6.92 Å². The first-order chi connectivity index (χ1) is 11.5. The lowest BCUT2D eigenvalue weighted by atomic mass is 10.1. The van der Waals surface area contributed by atoms with Crippen LogP contribution in [-0.2, 0) is 25.5 Å². The van der Waals surface area contributed by atoms with Crippen LogP contribution in [0.2, 0.25) is 0 Å². The maximum atomic E-state index is 12.1. The Balaban J connectivity index is 2.39. The fraction of sp³-hybridized carbons (Fsp3) is 0.500. The molecule has 0 radical (unpaired) electrons. The van der Waals surface area contributed by atoms with E-state index in [0.717, 1.165) is 17.3 Å². The minimum atomic E-state index is -0.912. The molecule has 0 spiro atoms. The van der Waals surface area contributed by atoms with Crippen molar-refractivity contribution in [1.29, 1.82) is 0 Å². The van der Waals surface area contributed by atoms with Gasteiger partial charge in [-0.25, -0.2) is 0 Å². The number of ether oxygens (including phenoxy) is 1. The summed E-state index contributed by atoms with van der Waals surface area (Å²) in [4.78, 5) is 34.4. The van der Waals surface area contributed by atoms with Gasteiger partial charge in [-0.2, -0.15) is 0 Å². The number of benzene rings is 1. The van der Waals surface area contributed by atoms with Crippen LogP contribution in [-0.4, -0.2) is 34.0 Å². The highest BCUT2D eigenvalue weighted by Crippen LogP contribution is 2.23. The van der Waals surface area contributed by atoms with E-state index in [1.807, 2.05) is 30.3 Å². The lowest BCUT2D eigenvalue weighted by Gasteiger charge is -2.13. The topological polar surface area (TPSA) is 80.7 Å². The summed E-state index contributed by atoms with van der Waals surface area (Å²) in [6.45, 7) is 2.13. The molecule has 0 aliphatic rings. The first-order valence-electron chi connectivity index (χ1n) is 8.12. The fourth-order valence-electron chi connectivity index (χ4n) is 2.26. The predicted molar refractivity (Wildman–Crippen MR) is 93.9 cm³/mol. The standard InChI is InChI=1S/C18H24O5S/c1-2-23-17(21)11-7-6-10-15(13-16(19)20)24-18(22)12-14-8-4-3-5-9-14/h3-5,8-9,15H,2,6-7,10-13H2,1H3,(H,19,20). The Morgan fingerprint density at radius 2 is 1.88 bits per heavy atom. The van der Waals surface area contributed by atoms with Crippen LogP contribution in [0.15, 0.2) is 30.3 Å². The Hall–Kier alpha value is -1.82. The molecule has 1 aromatic carbocycles. The molecule has 132 valence electrons. The highest BCUT2D eigenvalue weighted by molar-refractivity contribution is 8.14. The van der Waals surface area contributed by atoms with E-state index < -0.39 is 5.97 Å². The molecule has 1 N–H and O–H groups in total. The lowest BCUT2D eigenvalue weighted by molar-refractivity contribution is -0.143. The van der Waals surface area contributed by atoms with E-state index in [0.29, 0.717) is 38.7 Å². The molecule has 1 atom stereocenters. The van der Waals surface area contributed by atoms with Crippen molar-refractivity contribution < 1.29 is 24.2 Å². The Labute approximate surface area is 146 Å². The van der Waals surface area contributed by atoms with Crippen LogP contribution in [0.4, 0.5) is 0 Å². The van der Waals surface area contributed by atoms with Crippen molar-refractivity contribution in [3.8, 4) is 0 Å². The Kier molecular flexibility index (Phi) is 9.84. The Bertz CT molecular complexity index is 529. The molecule has 0 heterocycles. The van der Waals surface area contributed by atoms with Crippen LogP contribution in [0.3, 0.4) is 0 Å². The number of unbranched alkanes of at least 4 members (excludes halogenated alkanes) is 1. The van der Waals surface area contributed by atoms with Crippen LogP contribution in [0, 0.1) is 0 Å². The summed E-state index contributed by atoms with van der Waals surface area (Å²) in [6, 6.07) is 9.39. The van der Waals surface area contributed by atoms with Crippen molar-refractivity contribution >= 4 is 28.8 Å². The van der Waals surface area contributed by atoms with Gasteiger partial charge in [0, 0.05) is 18.1 Å². The molecule has 1 aromatic rings. The summed E-state index contributed by atoms with van der Waals surface area (Å²) in [5.41, 5.74) is 0.923. The zero-order valence-electron chi connectivity index (χ0n) is 13.9. The molecule has 0 saturated heterocycles. The summed E-state index contributed by atoms with van der Waals surface area (Å²) < 4.78 is 4.85. The summed E-state index contributed by atoms with van der Waals surface area (Å²) in [5.74, 6) is -1.15. The second-order valence-corrected chi connectivity index (χ2v) is 6.78. The lowest BCUT2D eigenvalue weighted by Crippen LogP contribution is -2.14. The van der Waals surface area contributed by atoms with Gasteiger partial charge in [-0.15, -0.1) is 0 Å². The smallest absolute Gasteiger partial charge is 0.305 e. The van der Waals surface area contributed by atoms with Gasteiger partial charge in [0.15, 0.2) is 5.12 Å². The monoisotopic (exact) mass is 352 g/mol. The molecule has 0 amide bonds. The summed E-state index contributed by atoms with van der Waals surface area (Å²) in [6.07, 6.45) is 2.51. The Morgan fingerprint density at radius 1 is 1.17 bits per heavy atom. The predicted octanol–water partition coefficient (Wildman–Crippen LogP) is 3.46. The molecular weight excluding hydrogens is 328 g/mol. The molecule has 0 aromatic heterocycles. The van der Waals surface area contributed by atoms with E-state index in [1.165, 1.54) is 0 Å². The molecule has 0 bridgehead atoms. The largest absolute Gasteiger partial charge is 0.481 e. The van der Waals surface area contributed by atoms with E-state index in [9.17, 15) is 14.4 Å². The van der Waals surface area contributed by atoms with Crippen LogP contribution < -0.4 is 0 Å². The number of carboxylic acids is 1. The van der Waals surface area contributed by atoms with Crippen LogP contribution in [0.1, 0.15) is 44.6 Å². The van der Waals surface area contributed by atoms with Gasteiger partial charge < -0.3 is 9.84 Å². The first kappa shape index (κ1) is 20.2. The summed E-state index contributed by atoms with van der Waals surface area (Å²) >= 11 is 1.10. The van der Waals surface area contributed by atoms with Gasteiger partial charge in [0.2, 0.25) is 0 Å². The van der Waals surface area contributed by atoms with E-state index in [4.69, 9.17) is 9.84 Å². The molecule has 24 heavy (non-hydrogen) atoms. The van der Waals surface area contributed by atoms with Gasteiger partial charge in [-0.1, -0.05) is 48.5 Å². The minimum absolute atomic E-state index is 0.0298. The van der Waals surface area contributed by atoms with Gasteiger partial charge in [0.25, 0.3) is 0 Å². The number of thioether (sulfide) groups is 1. The number of esters is 1. The van der Waals surface area contributed by atoms with Crippen molar-refractivity contribution in [3.05, 3.63) is 35.9 Å². The fourth-order valence-corrected chi connectivity index (χ4v) is 3.39. The average Bonchev–Trinajstić information content (AvgIpc) is 2.52. The average molecular weight is 352 g/mol. The first-order valence-corrected chi connectivity index (χ1v) is 9.00. The van der Waals surface area contributed by atoms with Crippen LogP contribution >= 0.6 is 11.8 Å². The van der Waals surface area contributed by atoms with Gasteiger partial charge in [-0.3, -0.25) is 14.4 Å². The molecule has 5 nitrogen and oxygen atoms in total. The molecule has 6 heteroatoms. The van der Waals surface area contributed by atoms with E-state index in [-0.39, 0.29) is 22.8 Å². The van der Waals surface area contributed by atoms with Gasteiger partial charge in [-0.05, 0) is 25.3 Å². The number of carboxylic acid groups (broad SMARTS) is 1. The maximum absolute atomic E-state index is 12.1. The molecule has 0 fully saturated rings. The van der Waals surface area contributed by atoms with Gasteiger partial charge >= 0.3 is 11.9 Å². The second-order valence-electron chi connectivity index (χ2n) is 5.42. The zero-order valence-corrected chi connectivity index (χ0v) is 14.7. The second kappa shape index (κ2) is 11.7. The van der Waals surface area contributed by atoms with Crippen molar-refractivity contribution in [3.63, 3.8) is 0 Å². The third kappa shape index (κ3) is 9.35. The van der Waals surface area contributed by atoms with Gasteiger partial charge in [0.1, 0.15) is 0 Å². The van der Waals surface area contributed by atoms with Crippen molar-refractivity contribution in [2.45, 2.75) is 50.7 Å². The van der Waals surface area contributed by atoms with Crippen LogP contribution in [0.25, 0.3) is 0 Å². The van der Waals surface area contributed by atoms with Crippen molar-refractivity contribution in [2.24, 2.45) is 0 Å². The molecule has 0 saturated carbocycles. The highest BCUT2D eigenvalue weighted by atomic mass is 32.2. The minimum Gasteiger partial charge on any atom is -0.481 e. The number of hydrogen-bond donors (Lipinski definition) is 1. The molecular formula is C18H24O5S. The van der Waals surface area contributed by atoms with E-state index in [2.05, 4.69) is 0 Å². The highest BCUT2D eigenvalue weighted by Gasteiger charge is 2.18. The molecule has 1 unspecified atom stereocenters. The molecule has 1 rings (SSSR count). The SMILES string of the molecule is CCOC(=O)CCCCC(CC(=O)O)SC(=O)Cc1ccccc1. The third-order valence-corrected chi connectivity index (χ3v) is 4.50. The van der Waals surface area contributed by atoms with Crippen LogP contribution in [0.5, 0.6) is 0 Å². The number of rotatable bonds is 11. The third-order valence-electron chi connectivity index (χ3n) is 3.35. The quantitative estimate of drug-likeness (QED) is 0.485. The normalized spacial score (nSPS) is 11.7. The number of carbonyl (C=O) groups is 3. The summed E-state index contributed by atoms with van der Waals surface area (Å²) in [7, 11) is 0. The Morgan fingerprint density at radius 3 is 2.50 bits per heavy atom. The number of hydrogen-bond acceptors (Lipinski definition) is 5. The van der Waals surface area contributed by atoms with Crippen molar-refractivity contribution in [1.82, 2.24) is 0 Å². The number of carbonyl (C=O) groups excluding carboxylic acids is 2.